The molecule has 0 aromatic heterocycles. The summed E-state index contributed by atoms with van der Waals surface area (Å²) in [7, 11) is -1.08. The van der Waals surface area contributed by atoms with Gasteiger partial charge in [0, 0.05) is 6.42 Å². The molecular weight excluding hydrogens is 152 g/mol. The van der Waals surface area contributed by atoms with Crippen LogP contribution >= 0.6 is 0 Å². The fraction of sp³-hybridized carbons (Fsp3) is 0.667. The molecule has 0 amide bonds. The zero-order valence-electron chi connectivity index (χ0n) is 7.60. The van der Waals surface area contributed by atoms with Crippen LogP contribution in [0.3, 0.4) is 0 Å². The minimum Gasteiger partial charge on any atom is -0.303 e. The third-order valence-corrected chi connectivity index (χ3v) is 4.69. The van der Waals surface area contributed by atoms with Crippen molar-refractivity contribution >= 4 is 14.4 Å². The molecule has 0 aromatic carbocycles. The van der Waals surface area contributed by atoms with Crippen molar-refractivity contribution in [2.75, 3.05) is 0 Å². The standard InChI is InChI=1S/C9H18OSi/c1-4-11(2,3)9-7-5-6-8-10/h4,8H,1,5-7,9H2,2-3H3. The van der Waals surface area contributed by atoms with E-state index in [1.165, 1.54) is 12.5 Å². The first-order valence-electron chi connectivity index (χ1n) is 4.19. The summed E-state index contributed by atoms with van der Waals surface area (Å²) in [6.07, 6.45) is 3.96. The lowest BCUT2D eigenvalue weighted by molar-refractivity contribution is -0.107. The molecule has 0 fully saturated rings. The molecule has 0 bridgehead atoms. The highest BCUT2D eigenvalue weighted by Gasteiger charge is 2.14. The lowest BCUT2D eigenvalue weighted by Crippen LogP contribution is -2.21. The smallest absolute Gasteiger partial charge is 0.119 e. The van der Waals surface area contributed by atoms with Gasteiger partial charge in [-0.3, -0.25) is 0 Å². The van der Waals surface area contributed by atoms with Crippen LogP contribution in [0.15, 0.2) is 12.3 Å². The second kappa shape index (κ2) is 5.30. The SMILES string of the molecule is C=C[Si](C)(C)CCCCC=O. The van der Waals surface area contributed by atoms with Crippen LogP contribution < -0.4 is 0 Å². The van der Waals surface area contributed by atoms with Crippen LogP contribution in [0.2, 0.25) is 19.1 Å². The Hall–Kier alpha value is -0.373. The summed E-state index contributed by atoms with van der Waals surface area (Å²) in [6, 6.07) is 1.27. The maximum absolute atomic E-state index is 9.99. The van der Waals surface area contributed by atoms with Gasteiger partial charge in [-0.1, -0.05) is 25.6 Å². The van der Waals surface area contributed by atoms with E-state index in [4.69, 9.17) is 0 Å². The van der Waals surface area contributed by atoms with Crippen LogP contribution in [0, 0.1) is 0 Å². The van der Waals surface area contributed by atoms with E-state index in [2.05, 4.69) is 25.4 Å². The van der Waals surface area contributed by atoms with Gasteiger partial charge >= 0.3 is 0 Å². The topological polar surface area (TPSA) is 17.1 Å². The van der Waals surface area contributed by atoms with Crippen LogP contribution in [0.1, 0.15) is 19.3 Å². The lowest BCUT2D eigenvalue weighted by Gasteiger charge is -2.15. The first kappa shape index (κ1) is 10.6. The van der Waals surface area contributed by atoms with Gasteiger partial charge in [-0.2, -0.15) is 0 Å². The number of carbonyl (C=O) groups is 1. The normalized spacial score (nSPS) is 11.1. The number of unbranched alkanes of at least 4 members (excludes halogenated alkanes) is 2. The summed E-state index contributed by atoms with van der Waals surface area (Å²) in [6.45, 7) is 8.44. The van der Waals surface area contributed by atoms with Gasteiger partial charge in [0.1, 0.15) is 6.29 Å². The van der Waals surface area contributed by atoms with Gasteiger partial charge in [0.25, 0.3) is 0 Å². The minimum atomic E-state index is -1.08. The third kappa shape index (κ3) is 6.04. The van der Waals surface area contributed by atoms with Gasteiger partial charge in [-0.15, -0.1) is 12.3 Å². The van der Waals surface area contributed by atoms with E-state index >= 15 is 0 Å². The van der Waals surface area contributed by atoms with E-state index in [1.807, 2.05) is 0 Å². The largest absolute Gasteiger partial charge is 0.303 e. The van der Waals surface area contributed by atoms with E-state index in [0.717, 1.165) is 19.1 Å². The predicted molar refractivity (Wildman–Crippen MR) is 52.4 cm³/mol. The summed E-state index contributed by atoms with van der Waals surface area (Å²) in [4.78, 5) is 9.99. The van der Waals surface area contributed by atoms with Gasteiger partial charge in [-0.25, -0.2) is 0 Å². The molecule has 0 spiro atoms. The van der Waals surface area contributed by atoms with E-state index < -0.39 is 8.07 Å². The van der Waals surface area contributed by atoms with Crippen molar-refractivity contribution in [3.8, 4) is 0 Å². The van der Waals surface area contributed by atoms with Crippen molar-refractivity contribution in [2.24, 2.45) is 0 Å². The molecule has 2 heteroatoms. The number of rotatable bonds is 6. The average molecular weight is 170 g/mol. The van der Waals surface area contributed by atoms with Crippen LogP contribution in [0.5, 0.6) is 0 Å². The molecule has 0 rings (SSSR count). The van der Waals surface area contributed by atoms with E-state index in [1.54, 1.807) is 0 Å². The Kier molecular flexibility index (Phi) is 5.12. The molecule has 0 N–H and O–H groups in total. The molecule has 0 aliphatic heterocycles. The molecule has 0 unspecified atom stereocenters. The number of hydrogen-bond donors (Lipinski definition) is 0. The molecule has 0 saturated heterocycles. The predicted octanol–water partition coefficient (Wildman–Crippen LogP) is 2.79. The Labute approximate surface area is 70.5 Å². The average Bonchev–Trinajstić information content (AvgIpc) is 1.99. The number of hydrogen-bond acceptors (Lipinski definition) is 1. The Balaban J connectivity index is 3.37. The second-order valence-corrected chi connectivity index (χ2v) is 8.49. The Morgan fingerprint density at radius 3 is 2.45 bits per heavy atom. The maximum atomic E-state index is 9.99. The highest BCUT2D eigenvalue weighted by Crippen LogP contribution is 2.14. The first-order valence-corrected chi connectivity index (χ1v) is 7.48. The molecule has 0 aliphatic carbocycles. The van der Waals surface area contributed by atoms with E-state index in [-0.39, 0.29) is 0 Å². The van der Waals surface area contributed by atoms with Gasteiger partial charge < -0.3 is 4.79 Å². The highest BCUT2D eigenvalue weighted by atomic mass is 28.3. The summed E-state index contributed by atoms with van der Waals surface area (Å²) in [5.74, 6) is 0. The lowest BCUT2D eigenvalue weighted by atomic mass is 10.3. The third-order valence-electron chi connectivity index (χ3n) is 1.95. The van der Waals surface area contributed by atoms with Gasteiger partial charge in [0.2, 0.25) is 0 Å². The summed E-state index contributed by atoms with van der Waals surface area (Å²) < 4.78 is 0. The Bertz CT molecular complexity index is 130. The molecule has 0 saturated carbocycles. The Morgan fingerprint density at radius 1 is 1.36 bits per heavy atom. The van der Waals surface area contributed by atoms with Crippen LogP contribution in [0.4, 0.5) is 0 Å². The first-order chi connectivity index (χ1) is 5.12. The van der Waals surface area contributed by atoms with Crippen molar-refractivity contribution in [1.29, 1.82) is 0 Å². The van der Waals surface area contributed by atoms with Crippen LogP contribution in [-0.4, -0.2) is 14.4 Å². The second-order valence-electron chi connectivity index (χ2n) is 3.61. The molecule has 0 heterocycles. The van der Waals surface area contributed by atoms with Gasteiger partial charge in [0.15, 0.2) is 0 Å². The molecule has 0 aliphatic rings. The fourth-order valence-corrected chi connectivity index (χ4v) is 2.28. The van der Waals surface area contributed by atoms with Crippen molar-refractivity contribution in [2.45, 2.75) is 38.4 Å². The maximum Gasteiger partial charge on any atom is 0.119 e. The van der Waals surface area contributed by atoms with Crippen molar-refractivity contribution in [3.63, 3.8) is 0 Å². The molecule has 0 radical (unpaired) electrons. The van der Waals surface area contributed by atoms with Crippen molar-refractivity contribution < 1.29 is 4.79 Å². The zero-order valence-corrected chi connectivity index (χ0v) is 8.60. The molecule has 0 aromatic rings. The molecule has 1 nitrogen and oxygen atoms in total. The number of aldehydes is 1. The van der Waals surface area contributed by atoms with E-state index in [9.17, 15) is 4.79 Å². The molecule has 64 valence electrons. The zero-order chi connectivity index (χ0) is 8.74. The van der Waals surface area contributed by atoms with Crippen LogP contribution in [-0.2, 0) is 4.79 Å². The van der Waals surface area contributed by atoms with E-state index in [0.29, 0.717) is 0 Å². The van der Waals surface area contributed by atoms with Gasteiger partial charge in [0.05, 0.1) is 8.07 Å². The molecular formula is C9H18OSi. The minimum absolute atomic E-state index is 0.724. The monoisotopic (exact) mass is 170 g/mol. The fourth-order valence-electron chi connectivity index (χ4n) is 0.910. The molecule has 11 heavy (non-hydrogen) atoms. The summed E-state index contributed by atoms with van der Waals surface area (Å²) in [5, 5.41) is 0. The van der Waals surface area contributed by atoms with Crippen molar-refractivity contribution in [3.05, 3.63) is 12.3 Å². The highest BCUT2D eigenvalue weighted by molar-refractivity contribution is 6.82. The number of carbonyl (C=O) groups excluding carboxylic acids is 1. The van der Waals surface area contributed by atoms with Crippen molar-refractivity contribution in [1.82, 2.24) is 0 Å². The van der Waals surface area contributed by atoms with Crippen LogP contribution in [0.25, 0.3) is 0 Å². The Morgan fingerprint density at radius 2 is 2.00 bits per heavy atom. The van der Waals surface area contributed by atoms with Gasteiger partial charge in [-0.05, 0) is 6.42 Å². The molecule has 0 atom stereocenters. The summed E-state index contributed by atoms with van der Waals surface area (Å²) in [5.41, 5.74) is 2.12. The quantitative estimate of drug-likeness (QED) is 0.340. The summed E-state index contributed by atoms with van der Waals surface area (Å²) >= 11 is 0.